The number of piperidine rings is 1. The lowest BCUT2D eigenvalue weighted by atomic mass is 9.95. The molecule has 2 aromatic rings. The van der Waals surface area contributed by atoms with E-state index in [2.05, 4.69) is 27.1 Å². The van der Waals surface area contributed by atoms with Crippen molar-refractivity contribution in [3.05, 3.63) is 54.6 Å². The Hall–Kier alpha value is -2.42. The van der Waals surface area contributed by atoms with Gasteiger partial charge in [0, 0.05) is 43.5 Å². The summed E-state index contributed by atoms with van der Waals surface area (Å²) >= 11 is 0. The predicted molar refractivity (Wildman–Crippen MR) is 121 cm³/mol. The fourth-order valence-electron chi connectivity index (χ4n) is 4.09. The summed E-state index contributed by atoms with van der Waals surface area (Å²) in [7, 11) is -3.59. The topological polar surface area (TPSA) is 87.7 Å². The van der Waals surface area contributed by atoms with E-state index in [-0.39, 0.29) is 29.4 Å². The third-order valence-electron chi connectivity index (χ3n) is 5.94. The van der Waals surface area contributed by atoms with Gasteiger partial charge in [-0.15, -0.1) is 0 Å². The molecule has 7 nitrogen and oxygen atoms in total. The predicted octanol–water partition coefficient (Wildman–Crippen LogP) is 3.00. The molecule has 0 aliphatic carbocycles. The molecule has 166 valence electrons. The zero-order valence-electron chi connectivity index (χ0n) is 17.5. The number of nitrogens with zero attached hydrogens (tertiary/aromatic N) is 1. The van der Waals surface area contributed by atoms with Gasteiger partial charge in [-0.3, -0.25) is 4.79 Å². The van der Waals surface area contributed by atoms with Crippen molar-refractivity contribution in [3.63, 3.8) is 0 Å². The second-order valence-corrected chi connectivity index (χ2v) is 9.86. The minimum Gasteiger partial charge on any atom is -0.377 e. The molecule has 4 rings (SSSR count). The Balaban J connectivity index is 1.28. The van der Waals surface area contributed by atoms with Crippen molar-refractivity contribution in [2.45, 2.75) is 36.7 Å². The van der Waals surface area contributed by atoms with Crippen molar-refractivity contribution in [3.8, 4) is 0 Å². The summed E-state index contributed by atoms with van der Waals surface area (Å²) in [6, 6.07) is 16.5. The third kappa shape index (κ3) is 5.64. The van der Waals surface area contributed by atoms with Gasteiger partial charge in [0.2, 0.25) is 15.9 Å². The van der Waals surface area contributed by atoms with Crippen LogP contribution in [-0.2, 0) is 19.6 Å². The molecule has 0 bridgehead atoms. The normalized spacial score (nSPS) is 20.0. The Morgan fingerprint density at radius 2 is 1.71 bits per heavy atom. The number of rotatable bonds is 7. The molecule has 1 atom stereocenters. The van der Waals surface area contributed by atoms with E-state index in [1.54, 1.807) is 12.1 Å². The standard InChI is InChI=1S/C23H29N3O4S/c27-23(18-12-14-26(15-13-18)20-5-2-1-3-6-20)25-19-8-10-22(11-9-19)31(28,29)24-17-21-7-4-16-30-21/h1-3,5-6,8-11,18,21,24H,4,7,12-17H2,(H,25,27). The fourth-order valence-corrected chi connectivity index (χ4v) is 5.16. The molecule has 2 aromatic carbocycles. The molecule has 2 N–H and O–H groups in total. The monoisotopic (exact) mass is 443 g/mol. The second kappa shape index (κ2) is 9.80. The van der Waals surface area contributed by atoms with Gasteiger partial charge in [-0.25, -0.2) is 13.1 Å². The first kappa shape index (κ1) is 21.8. The van der Waals surface area contributed by atoms with Crippen molar-refractivity contribution >= 4 is 27.3 Å². The van der Waals surface area contributed by atoms with Crippen LogP contribution in [0.3, 0.4) is 0 Å². The fraction of sp³-hybridized carbons (Fsp3) is 0.435. The van der Waals surface area contributed by atoms with Gasteiger partial charge in [0.25, 0.3) is 0 Å². The number of benzene rings is 2. The number of anilines is 2. The van der Waals surface area contributed by atoms with Gasteiger partial charge in [-0.1, -0.05) is 18.2 Å². The van der Waals surface area contributed by atoms with Crippen LogP contribution in [0.2, 0.25) is 0 Å². The molecule has 31 heavy (non-hydrogen) atoms. The summed E-state index contributed by atoms with van der Waals surface area (Å²) in [5, 5.41) is 2.93. The molecule has 0 saturated carbocycles. The summed E-state index contributed by atoms with van der Waals surface area (Å²) in [5.41, 5.74) is 1.79. The van der Waals surface area contributed by atoms with Crippen LogP contribution in [0, 0.1) is 5.92 Å². The minimum absolute atomic E-state index is 0.0141. The SMILES string of the molecule is O=C(Nc1ccc(S(=O)(=O)NCC2CCCO2)cc1)C1CCN(c2ccccc2)CC1. The molecule has 0 radical (unpaired) electrons. The average molecular weight is 444 g/mol. The quantitative estimate of drug-likeness (QED) is 0.687. The molecule has 8 heteroatoms. The lowest BCUT2D eigenvalue weighted by molar-refractivity contribution is -0.120. The van der Waals surface area contributed by atoms with Crippen molar-refractivity contribution in [2.24, 2.45) is 5.92 Å². The van der Waals surface area contributed by atoms with E-state index >= 15 is 0 Å². The van der Waals surface area contributed by atoms with Crippen molar-refractivity contribution in [1.82, 2.24) is 4.72 Å². The number of carbonyl (C=O) groups is 1. The van der Waals surface area contributed by atoms with Crippen LogP contribution in [0.1, 0.15) is 25.7 Å². The number of para-hydroxylation sites is 1. The van der Waals surface area contributed by atoms with Gasteiger partial charge in [0.15, 0.2) is 0 Å². The zero-order chi connectivity index (χ0) is 21.7. The van der Waals surface area contributed by atoms with Gasteiger partial charge < -0.3 is 15.0 Å². The molecule has 2 aliphatic heterocycles. The van der Waals surface area contributed by atoms with E-state index in [0.717, 1.165) is 38.8 Å². The molecular formula is C23H29N3O4S. The van der Waals surface area contributed by atoms with Gasteiger partial charge in [-0.05, 0) is 62.1 Å². The molecule has 2 heterocycles. The summed E-state index contributed by atoms with van der Waals surface area (Å²) in [6.45, 7) is 2.65. The van der Waals surface area contributed by atoms with E-state index < -0.39 is 10.0 Å². The number of ether oxygens (including phenoxy) is 1. The average Bonchev–Trinajstić information content (AvgIpc) is 3.33. The second-order valence-electron chi connectivity index (χ2n) is 8.10. The maximum absolute atomic E-state index is 12.7. The maximum Gasteiger partial charge on any atom is 0.240 e. The molecular weight excluding hydrogens is 414 g/mol. The Morgan fingerprint density at radius 3 is 2.35 bits per heavy atom. The van der Waals surface area contributed by atoms with Crippen LogP contribution < -0.4 is 14.9 Å². The Kier molecular flexibility index (Phi) is 6.89. The number of hydrogen-bond donors (Lipinski definition) is 2. The summed E-state index contributed by atoms with van der Waals surface area (Å²) < 4.78 is 33.0. The minimum atomic E-state index is -3.59. The lowest BCUT2D eigenvalue weighted by Crippen LogP contribution is -2.38. The Bertz CT molecular complexity index is 966. The van der Waals surface area contributed by atoms with Crippen LogP contribution in [0.25, 0.3) is 0 Å². The molecule has 0 aromatic heterocycles. The Labute approximate surface area is 183 Å². The van der Waals surface area contributed by atoms with Crippen LogP contribution in [-0.4, -0.2) is 46.7 Å². The summed E-state index contributed by atoms with van der Waals surface area (Å²) in [5.74, 6) is -0.0590. The molecule has 0 spiro atoms. The smallest absolute Gasteiger partial charge is 0.240 e. The highest BCUT2D eigenvalue weighted by atomic mass is 32.2. The number of hydrogen-bond acceptors (Lipinski definition) is 5. The summed E-state index contributed by atoms with van der Waals surface area (Å²) in [4.78, 5) is 15.1. The highest BCUT2D eigenvalue weighted by molar-refractivity contribution is 7.89. The first-order chi connectivity index (χ1) is 15.0. The molecule has 2 aliphatic rings. The molecule has 2 saturated heterocycles. The highest BCUT2D eigenvalue weighted by Gasteiger charge is 2.25. The maximum atomic E-state index is 12.7. The Morgan fingerprint density at radius 1 is 1.00 bits per heavy atom. The van der Waals surface area contributed by atoms with Crippen LogP contribution in [0.5, 0.6) is 0 Å². The number of sulfonamides is 1. The van der Waals surface area contributed by atoms with Crippen molar-refractivity contribution in [2.75, 3.05) is 36.5 Å². The van der Waals surface area contributed by atoms with Crippen LogP contribution in [0.4, 0.5) is 11.4 Å². The first-order valence-corrected chi connectivity index (χ1v) is 12.3. The first-order valence-electron chi connectivity index (χ1n) is 10.8. The van der Waals surface area contributed by atoms with Gasteiger partial charge >= 0.3 is 0 Å². The third-order valence-corrected chi connectivity index (χ3v) is 7.38. The lowest BCUT2D eigenvalue weighted by Gasteiger charge is -2.33. The van der Waals surface area contributed by atoms with Crippen LogP contribution >= 0.6 is 0 Å². The van der Waals surface area contributed by atoms with Gasteiger partial charge in [0.05, 0.1) is 11.0 Å². The van der Waals surface area contributed by atoms with E-state index in [0.29, 0.717) is 12.3 Å². The number of carbonyl (C=O) groups excluding carboxylic acids is 1. The van der Waals surface area contributed by atoms with Crippen LogP contribution in [0.15, 0.2) is 59.5 Å². The van der Waals surface area contributed by atoms with E-state index in [1.165, 1.54) is 17.8 Å². The van der Waals surface area contributed by atoms with Gasteiger partial charge in [-0.2, -0.15) is 0 Å². The van der Waals surface area contributed by atoms with E-state index in [1.807, 2.05) is 18.2 Å². The van der Waals surface area contributed by atoms with E-state index in [9.17, 15) is 13.2 Å². The van der Waals surface area contributed by atoms with Crippen molar-refractivity contribution in [1.29, 1.82) is 0 Å². The number of amides is 1. The highest BCUT2D eigenvalue weighted by Crippen LogP contribution is 2.24. The van der Waals surface area contributed by atoms with Gasteiger partial charge in [0.1, 0.15) is 0 Å². The van der Waals surface area contributed by atoms with E-state index in [4.69, 9.17) is 4.74 Å². The molecule has 1 unspecified atom stereocenters. The number of nitrogens with one attached hydrogen (secondary N) is 2. The molecule has 2 fully saturated rings. The molecule has 1 amide bonds. The summed E-state index contributed by atoms with van der Waals surface area (Å²) in [6.07, 6.45) is 3.37. The zero-order valence-corrected chi connectivity index (χ0v) is 18.3. The largest absolute Gasteiger partial charge is 0.377 e. The van der Waals surface area contributed by atoms with Crippen molar-refractivity contribution < 1.29 is 17.9 Å².